The molecule has 0 saturated carbocycles. The first-order valence-corrected chi connectivity index (χ1v) is 11.4. The van der Waals surface area contributed by atoms with Crippen LogP contribution in [0.1, 0.15) is 32.2 Å². The van der Waals surface area contributed by atoms with E-state index in [-0.39, 0.29) is 28.1 Å². The number of nitrogens with zero attached hydrogens (tertiary/aromatic N) is 6. The minimum atomic E-state index is -4.94. The normalized spacial score (nSPS) is 12.7. The Bertz CT molecular complexity index is 1790. The lowest BCUT2D eigenvalue weighted by atomic mass is 10.0. The summed E-state index contributed by atoms with van der Waals surface area (Å²) >= 11 is 6.28. The zero-order valence-electron chi connectivity index (χ0n) is 19.2. The largest absolute Gasteiger partial charge is 0.434 e. The van der Waals surface area contributed by atoms with Gasteiger partial charge >= 0.3 is 6.18 Å². The Morgan fingerprint density at radius 2 is 1.89 bits per heavy atom. The topological polar surface area (TPSA) is 120 Å². The van der Waals surface area contributed by atoms with E-state index in [1.165, 1.54) is 35.4 Å². The van der Waals surface area contributed by atoms with Crippen LogP contribution in [0.15, 0.2) is 55.1 Å². The molecule has 0 atom stereocenters. The maximum absolute atomic E-state index is 14.3. The Labute approximate surface area is 216 Å². The van der Waals surface area contributed by atoms with Crippen LogP contribution in [0.2, 0.25) is 5.02 Å². The first-order valence-electron chi connectivity index (χ1n) is 11.0. The molecule has 0 radical (unpaired) electrons. The molecule has 14 heteroatoms. The quantitative estimate of drug-likeness (QED) is 0.339. The lowest BCUT2D eigenvalue weighted by Gasteiger charge is -2.15. The zero-order chi connectivity index (χ0) is 26.8. The second kappa shape index (κ2) is 8.38. The number of hydrogen-bond donors (Lipinski definition) is 2. The fraction of sp³-hybridized carbons (Fsp3) is 0.0833. The highest BCUT2D eigenvalue weighted by molar-refractivity contribution is 6.32. The number of alkyl halides is 3. The number of hydrogen-bond acceptors (Lipinski definition) is 6. The second-order valence-corrected chi connectivity index (χ2v) is 8.74. The summed E-state index contributed by atoms with van der Waals surface area (Å²) in [5.41, 5.74) is -1.03. The molecule has 0 fully saturated rings. The molecule has 2 amide bonds. The van der Waals surface area contributed by atoms with Crippen molar-refractivity contribution in [2.45, 2.75) is 13.1 Å². The summed E-state index contributed by atoms with van der Waals surface area (Å²) in [5, 5.41) is 13.9. The summed E-state index contributed by atoms with van der Waals surface area (Å²) in [6, 6.07) is 8.99. The van der Waals surface area contributed by atoms with Crippen LogP contribution in [-0.4, -0.2) is 41.3 Å². The van der Waals surface area contributed by atoms with Gasteiger partial charge in [0, 0.05) is 22.0 Å². The third-order valence-electron chi connectivity index (χ3n) is 6.02. The fourth-order valence-corrected chi connectivity index (χ4v) is 4.64. The fourth-order valence-electron chi connectivity index (χ4n) is 4.39. The van der Waals surface area contributed by atoms with Crippen LogP contribution < -0.4 is 10.6 Å². The molecule has 0 saturated heterocycles. The van der Waals surface area contributed by atoms with Gasteiger partial charge < -0.3 is 10.6 Å². The molecule has 5 aromatic rings. The van der Waals surface area contributed by atoms with E-state index in [0.717, 1.165) is 6.20 Å². The average Bonchev–Trinajstić information content (AvgIpc) is 3.58. The molecule has 3 aromatic heterocycles. The molecule has 2 aromatic carbocycles. The van der Waals surface area contributed by atoms with E-state index in [1.54, 1.807) is 25.1 Å². The Morgan fingerprint density at radius 3 is 2.61 bits per heavy atom. The molecule has 0 spiro atoms. The van der Waals surface area contributed by atoms with Crippen LogP contribution in [-0.2, 0) is 6.18 Å². The van der Waals surface area contributed by atoms with Gasteiger partial charge in [-0.25, -0.2) is 14.6 Å². The third-order valence-corrected chi connectivity index (χ3v) is 6.30. The lowest BCUT2D eigenvalue weighted by molar-refractivity contribution is -0.143. The van der Waals surface area contributed by atoms with Gasteiger partial charge in [0.2, 0.25) is 0 Å². The molecule has 190 valence electrons. The van der Waals surface area contributed by atoms with Crippen LogP contribution >= 0.6 is 11.6 Å². The predicted molar refractivity (Wildman–Crippen MR) is 131 cm³/mol. The van der Waals surface area contributed by atoms with Gasteiger partial charge in [0.05, 0.1) is 34.4 Å². The Kier molecular flexibility index (Phi) is 5.21. The van der Waals surface area contributed by atoms with Crippen molar-refractivity contribution in [2.24, 2.45) is 0 Å². The minimum Gasteiger partial charge on any atom is -0.321 e. The Balaban J connectivity index is 1.40. The van der Waals surface area contributed by atoms with E-state index in [1.807, 2.05) is 0 Å². The highest BCUT2D eigenvalue weighted by Gasteiger charge is 2.41. The number of pyridine rings is 1. The molecule has 10 nitrogen and oxygen atoms in total. The van der Waals surface area contributed by atoms with Crippen LogP contribution in [0.4, 0.5) is 24.5 Å². The maximum Gasteiger partial charge on any atom is 0.434 e. The van der Waals surface area contributed by atoms with E-state index in [4.69, 9.17) is 11.6 Å². The molecular formula is C24H14ClF3N8O2. The summed E-state index contributed by atoms with van der Waals surface area (Å²) in [5.74, 6) is -0.657. The van der Waals surface area contributed by atoms with Gasteiger partial charge in [0.25, 0.3) is 11.8 Å². The number of aryl methyl sites for hydroxylation is 1. The molecule has 1 aliphatic heterocycles. The SMILES string of the molecule is Cc1ncnn1-c1ncc(NC(=O)c2cnn(-c3ccc4c5c(cccc35)C(=O)N4)c2C(F)(F)F)cc1Cl. The van der Waals surface area contributed by atoms with Crippen LogP contribution in [0.25, 0.3) is 22.3 Å². The van der Waals surface area contributed by atoms with Gasteiger partial charge in [-0.3, -0.25) is 9.59 Å². The molecule has 4 heterocycles. The molecule has 0 aliphatic carbocycles. The van der Waals surface area contributed by atoms with Crippen molar-refractivity contribution in [3.05, 3.63) is 82.8 Å². The maximum atomic E-state index is 14.3. The molecule has 0 bridgehead atoms. The van der Waals surface area contributed by atoms with E-state index in [2.05, 4.69) is 30.8 Å². The summed E-state index contributed by atoms with van der Waals surface area (Å²) in [6.45, 7) is 1.69. The number of benzene rings is 2. The summed E-state index contributed by atoms with van der Waals surface area (Å²) in [6.07, 6.45) is -1.54. The number of halogens is 4. The smallest absolute Gasteiger partial charge is 0.321 e. The van der Waals surface area contributed by atoms with Crippen molar-refractivity contribution in [2.75, 3.05) is 10.6 Å². The summed E-state index contributed by atoms with van der Waals surface area (Å²) in [7, 11) is 0. The Morgan fingerprint density at radius 1 is 1.08 bits per heavy atom. The molecule has 2 N–H and O–H groups in total. The minimum absolute atomic E-state index is 0.0609. The highest BCUT2D eigenvalue weighted by Crippen LogP contribution is 2.39. The second-order valence-electron chi connectivity index (χ2n) is 8.33. The van der Waals surface area contributed by atoms with Crippen molar-refractivity contribution in [1.82, 2.24) is 29.5 Å². The predicted octanol–water partition coefficient (Wildman–Crippen LogP) is 4.80. The number of amides is 2. The van der Waals surface area contributed by atoms with Crippen molar-refractivity contribution in [3.63, 3.8) is 0 Å². The number of nitrogens with one attached hydrogen (secondary N) is 2. The number of carbonyl (C=O) groups excluding carboxylic acids is 2. The number of rotatable bonds is 4. The van der Waals surface area contributed by atoms with Gasteiger partial charge in [-0.15, -0.1) is 0 Å². The lowest BCUT2D eigenvalue weighted by Crippen LogP contribution is -2.21. The van der Waals surface area contributed by atoms with Gasteiger partial charge in [0.1, 0.15) is 12.2 Å². The first-order chi connectivity index (χ1) is 18.1. The molecule has 6 rings (SSSR count). The molecular weight excluding hydrogens is 525 g/mol. The third kappa shape index (κ3) is 3.66. The van der Waals surface area contributed by atoms with Crippen molar-refractivity contribution >= 4 is 45.6 Å². The van der Waals surface area contributed by atoms with E-state index < -0.39 is 23.3 Å². The summed E-state index contributed by atoms with van der Waals surface area (Å²) < 4.78 is 45.0. The van der Waals surface area contributed by atoms with Gasteiger partial charge in [-0.2, -0.15) is 28.1 Å². The van der Waals surface area contributed by atoms with Crippen molar-refractivity contribution < 1.29 is 22.8 Å². The monoisotopic (exact) mass is 538 g/mol. The van der Waals surface area contributed by atoms with E-state index >= 15 is 0 Å². The highest BCUT2D eigenvalue weighted by atomic mass is 35.5. The number of carbonyl (C=O) groups is 2. The van der Waals surface area contributed by atoms with Crippen molar-refractivity contribution in [3.8, 4) is 11.5 Å². The van der Waals surface area contributed by atoms with E-state index in [0.29, 0.717) is 32.5 Å². The van der Waals surface area contributed by atoms with Crippen molar-refractivity contribution in [1.29, 1.82) is 0 Å². The van der Waals surface area contributed by atoms with Gasteiger partial charge in [-0.1, -0.05) is 23.7 Å². The Hall–Kier alpha value is -4.78. The molecule has 0 unspecified atom stereocenters. The van der Waals surface area contributed by atoms with Gasteiger partial charge in [0.15, 0.2) is 11.5 Å². The summed E-state index contributed by atoms with van der Waals surface area (Å²) in [4.78, 5) is 33.4. The van der Waals surface area contributed by atoms with Crippen LogP contribution in [0.5, 0.6) is 0 Å². The molecule has 38 heavy (non-hydrogen) atoms. The average molecular weight is 539 g/mol. The number of anilines is 2. The van der Waals surface area contributed by atoms with Gasteiger partial charge in [-0.05, 0) is 31.2 Å². The van der Waals surface area contributed by atoms with Crippen LogP contribution in [0.3, 0.4) is 0 Å². The molecule has 1 aliphatic rings. The zero-order valence-corrected chi connectivity index (χ0v) is 20.0. The van der Waals surface area contributed by atoms with Crippen LogP contribution in [0, 0.1) is 6.92 Å². The number of aromatic nitrogens is 6. The van der Waals surface area contributed by atoms with E-state index in [9.17, 15) is 22.8 Å². The standard InChI is InChI=1S/C24H14ClF3N8O2/c1-11-30-10-32-35(11)21-16(25)7-12(8-29-21)33-23(38)15-9-31-36(20(15)24(26,27)28)18-6-5-17-19-13(18)3-2-4-14(19)22(37)34-17/h2-10H,1H3,(H,33,38)(H,34,37). The first kappa shape index (κ1) is 23.6.